The second-order valence-corrected chi connectivity index (χ2v) is 14.4. The van der Waals surface area contributed by atoms with E-state index in [1.54, 1.807) is 0 Å². The van der Waals surface area contributed by atoms with Crippen molar-refractivity contribution in [3.63, 3.8) is 0 Å². The van der Waals surface area contributed by atoms with Crippen molar-refractivity contribution in [1.29, 1.82) is 0 Å². The Balaban J connectivity index is 1.15. The molecule has 0 aliphatic rings. The first kappa shape index (κ1) is 30.8. The summed E-state index contributed by atoms with van der Waals surface area (Å²) in [5.74, 6) is 1.88. The van der Waals surface area contributed by atoms with Gasteiger partial charge in [0.15, 0.2) is 17.5 Å². The topological polar surface area (TPSA) is 48.0 Å². The molecule has 4 heterocycles. The lowest BCUT2D eigenvalue weighted by atomic mass is 10.0. The van der Waals surface area contributed by atoms with Gasteiger partial charge >= 0.3 is 0 Å². The number of hydrogen-bond donors (Lipinski definition) is 0. The summed E-state index contributed by atoms with van der Waals surface area (Å²) in [7, 11) is 0. The number of fused-ring (bicyclic) bond motifs is 5. The highest BCUT2D eigenvalue weighted by atomic mass is 15.1. The zero-order chi connectivity index (χ0) is 36.7. The van der Waals surface area contributed by atoms with E-state index in [9.17, 15) is 0 Å². The number of para-hydroxylation sites is 3. The molecule has 12 rings (SSSR count). The molecule has 8 aromatic carbocycles. The molecule has 0 aliphatic carbocycles. The van der Waals surface area contributed by atoms with Crippen LogP contribution in [-0.2, 0) is 0 Å². The Kier molecular flexibility index (Phi) is 6.56. The molecular weight excluding hydrogens is 683 g/mol. The minimum absolute atomic E-state index is 0.618. The van der Waals surface area contributed by atoms with Gasteiger partial charge in [-0.25, -0.2) is 15.0 Å². The zero-order valence-electron chi connectivity index (χ0n) is 30.1. The third-order valence-corrected chi connectivity index (χ3v) is 11.3. The van der Waals surface area contributed by atoms with Crippen LogP contribution in [0.5, 0.6) is 0 Å². The van der Waals surface area contributed by atoms with E-state index >= 15 is 0 Å². The van der Waals surface area contributed by atoms with Crippen molar-refractivity contribution in [3.8, 4) is 51.0 Å². The van der Waals surface area contributed by atoms with Crippen LogP contribution in [0.4, 0.5) is 0 Å². The predicted molar refractivity (Wildman–Crippen MR) is 231 cm³/mol. The lowest BCUT2D eigenvalue weighted by Crippen LogP contribution is -2.03. The first-order chi connectivity index (χ1) is 27.8. The second kappa shape index (κ2) is 11.9. The van der Waals surface area contributed by atoms with Crippen LogP contribution in [0.25, 0.3) is 111 Å². The summed E-state index contributed by atoms with van der Waals surface area (Å²) >= 11 is 0. The fourth-order valence-corrected chi connectivity index (χ4v) is 8.91. The Labute approximate surface area is 321 Å². The van der Waals surface area contributed by atoms with Gasteiger partial charge in [-0.05, 0) is 59.0 Å². The van der Waals surface area contributed by atoms with E-state index in [0.717, 1.165) is 44.5 Å². The normalized spacial score (nSPS) is 11.9. The number of hydrogen-bond acceptors (Lipinski definition) is 3. The standard InChI is InChI=1S/C51H31N5/c1-3-15-32(16-4-1)34-19-11-20-35(31-34)50-52-49(33-17-5-2-6-18-33)53-51(54-50)40-22-8-10-27-42(40)55-43-28-13-23-37-39-25-12-24-38-36-21-7-9-26-41(36)56(48(38)39)45-30-14-29-44(55)47(45)46(37)43/h1-31H. The Morgan fingerprint density at radius 1 is 0.321 bits per heavy atom. The van der Waals surface area contributed by atoms with Crippen LogP contribution in [0.1, 0.15) is 0 Å². The Morgan fingerprint density at radius 2 is 0.839 bits per heavy atom. The van der Waals surface area contributed by atoms with Crippen LogP contribution in [0.2, 0.25) is 0 Å². The van der Waals surface area contributed by atoms with E-state index in [4.69, 9.17) is 15.0 Å². The van der Waals surface area contributed by atoms with Crippen molar-refractivity contribution in [2.75, 3.05) is 0 Å². The van der Waals surface area contributed by atoms with Gasteiger partial charge in [0.05, 0.1) is 33.3 Å². The molecule has 5 nitrogen and oxygen atoms in total. The van der Waals surface area contributed by atoms with Gasteiger partial charge in [0.2, 0.25) is 0 Å². The maximum Gasteiger partial charge on any atom is 0.166 e. The van der Waals surface area contributed by atoms with Crippen molar-refractivity contribution < 1.29 is 0 Å². The molecule has 4 aromatic heterocycles. The average Bonchev–Trinajstić information content (AvgIpc) is 3.76. The van der Waals surface area contributed by atoms with E-state index in [2.05, 4.69) is 173 Å². The van der Waals surface area contributed by atoms with E-state index in [-0.39, 0.29) is 0 Å². The molecule has 260 valence electrons. The maximum absolute atomic E-state index is 5.27. The summed E-state index contributed by atoms with van der Waals surface area (Å²) in [4.78, 5) is 15.6. The van der Waals surface area contributed by atoms with Crippen molar-refractivity contribution in [1.82, 2.24) is 23.9 Å². The first-order valence-corrected chi connectivity index (χ1v) is 19.0. The van der Waals surface area contributed by atoms with Gasteiger partial charge in [-0.3, -0.25) is 0 Å². The first-order valence-electron chi connectivity index (χ1n) is 19.0. The predicted octanol–water partition coefficient (Wildman–Crippen LogP) is 12.8. The zero-order valence-corrected chi connectivity index (χ0v) is 30.1. The van der Waals surface area contributed by atoms with Crippen LogP contribution in [0, 0.1) is 0 Å². The summed E-state index contributed by atoms with van der Waals surface area (Å²) in [6.07, 6.45) is 0. The molecule has 0 atom stereocenters. The van der Waals surface area contributed by atoms with Crippen LogP contribution >= 0.6 is 0 Å². The Morgan fingerprint density at radius 3 is 1.68 bits per heavy atom. The molecule has 5 heteroatoms. The number of rotatable bonds is 5. The SMILES string of the molecule is c1ccc(-c2cccc(-c3nc(-c4ccccc4)nc(-c4ccccc4-n4c5cccc6c7cccc8c9ccccc9n(c9cccc4c9c65)c78)n3)c2)cc1. The van der Waals surface area contributed by atoms with Gasteiger partial charge in [-0.2, -0.15) is 0 Å². The molecule has 0 aliphatic heterocycles. The third kappa shape index (κ3) is 4.46. The summed E-state index contributed by atoms with van der Waals surface area (Å²) in [6, 6.07) is 66.6. The highest BCUT2D eigenvalue weighted by Crippen LogP contribution is 2.45. The van der Waals surface area contributed by atoms with E-state index in [1.165, 1.54) is 48.9 Å². The van der Waals surface area contributed by atoms with Crippen LogP contribution in [0.3, 0.4) is 0 Å². The van der Waals surface area contributed by atoms with E-state index < -0.39 is 0 Å². The molecule has 0 spiro atoms. The molecule has 0 saturated carbocycles. The molecule has 0 saturated heterocycles. The fraction of sp³-hybridized carbons (Fsp3) is 0. The molecule has 0 radical (unpaired) electrons. The fourth-order valence-electron chi connectivity index (χ4n) is 8.91. The number of aromatic nitrogens is 5. The van der Waals surface area contributed by atoms with Crippen LogP contribution < -0.4 is 0 Å². The Bertz CT molecular complexity index is 3470. The van der Waals surface area contributed by atoms with Gasteiger partial charge in [-0.15, -0.1) is 0 Å². The summed E-state index contributed by atoms with van der Waals surface area (Å²) in [5, 5.41) is 7.47. The minimum Gasteiger partial charge on any atom is -0.308 e. The summed E-state index contributed by atoms with van der Waals surface area (Å²) in [5.41, 5.74) is 12.0. The quantitative estimate of drug-likeness (QED) is 0.178. The lowest BCUT2D eigenvalue weighted by Gasteiger charge is -2.15. The number of benzene rings is 8. The van der Waals surface area contributed by atoms with Gasteiger partial charge in [0, 0.05) is 43.6 Å². The van der Waals surface area contributed by atoms with Gasteiger partial charge in [0.1, 0.15) is 0 Å². The molecular formula is C51H31N5. The van der Waals surface area contributed by atoms with E-state index in [1.807, 2.05) is 24.3 Å². The lowest BCUT2D eigenvalue weighted by molar-refractivity contribution is 1.06. The molecule has 0 bridgehead atoms. The maximum atomic E-state index is 5.27. The molecule has 0 fully saturated rings. The third-order valence-electron chi connectivity index (χ3n) is 11.3. The average molecular weight is 714 g/mol. The smallest absolute Gasteiger partial charge is 0.166 e. The van der Waals surface area contributed by atoms with Crippen LogP contribution in [0.15, 0.2) is 188 Å². The van der Waals surface area contributed by atoms with Crippen molar-refractivity contribution in [3.05, 3.63) is 188 Å². The number of nitrogens with zero attached hydrogens (tertiary/aromatic N) is 5. The van der Waals surface area contributed by atoms with Crippen molar-refractivity contribution in [2.24, 2.45) is 0 Å². The minimum atomic E-state index is 0.618. The molecule has 12 aromatic rings. The highest BCUT2D eigenvalue weighted by molar-refractivity contribution is 6.31. The highest BCUT2D eigenvalue weighted by Gasteiger charge is 2.24. The summed E-state index contributed by atoms with van der Waals surface area (Å²) in [6.45, 7) is 0. The molecule has 56 heavy (non-hydrogen) atoms. The van der Waals surface area contributed by atoms with Crippen molar-refractivity contribution in [2.45, 2.75) is 0 Å². The van der Waals surface area contributed by atoms with E-state index in [0.29, 0.717) is 17.5 Å². The summed E-state index contributed by atoms with van der Waals surface area (Å²) < 4.78 is 4.89. The molecule has 0 N–H and O–H groups in total. The monoisotopic (exact) mass is 713 g/mol. The molecule has 0 amide bonds. The van der Waals surface area contributed by atoms with Gasteiger partial charge < -0.3 is 8.97 Å². The van der Waals surface area contributed by atoms with Crippen LogP contribution in [-0.4, -0.2) is 23.9 Å². The van der Waals surface area contributed by atoms with Crippen molar-refractivity contribution >= 4 is 59.9 Å². The molecule has 0 unspecified atom stereocenters. The largest absolute Gasteiger partial charge is 0.308 e. The second-order valence-electron chi connectivity index (χ2n) is 14.4. The van der Waals surface area contributed by atoms with Gasteiger partial charge in [0.25, 0.3) is 0 Å². The Hall–Kier alpha value is -7.63. The van der Waals surface area contributed by atoms with Gasteiger partial charge in [-0.1, -0.05) is 146 Å².